The number of aliphatic carboxylic acids is 1. The number of piperidine rings is 1. The summed E-state index contributed by atoms with van der Waals surface area (Å²) in [6.45, 7) is 6.69. The van der Waals surface area contributed by atoms with Gasteiger partial charge in [-0.2, -0.15) is 0 Å². The average Bonchev–Trinajstić information content (AvgIpc) is 2.82. The molecule has 1 N–H and O–H groups in total. The summed E-state index contributed by atoms with van der Waals surface area (Å²) >= 11 is 0. The quantitative estimate of drug-likeness (QED) is 0.850. The zero-order valence-electron chi connectivity index (χ0n) is 12.6. The molecule has 2 aliphatic heterocycles. The van der Waals surface area contributed by atoms with Gasteiger partial charge in [0.2, 0.25) is 5.91 Å². The Kier molecular flexibility index (Phi) is 4.68. The Morgan fingerprint density at radius 3 is 2.65 bits per heavy atom. The molecule has 2 rings (SSSR count). The van der Waals surface area contributed by atoms with E-state index in [9.17, 15) is 14.7 Å². The number of hydrogen-bond donors (Lipinski definition) is 1. The van der Waals surface area contributed by atoms with Gasteiger partial charge in [0.05, 0.1) is 6.54 Å². The second-order valence-corrected chi connectivity index (χ2v) is 6.30. The molecule has 5 nitrogen and oxygen atoms in total. The second-order valence-electron chi connectivity index (χ2n) is 6.30. The summed E-state index contributed by atoms with van der Waals surface area (Å²) in [6, 6.07) is 0. The maximum atomic E-state index is 12.4. The largest absolute Gasteiger partial charge is 0.480 e. The smallest absolute Gasteiger partial charge is 0.324 e. The summed E-state index contributed by atoms with van der Waals surface area (Å²) in [4.78, 5) is 27.8. The zero-order valence-corrected chi connectivity index (χ0v) is 12.6. The van der Waals surface area contributed by atoms with Gasteiger partial charge in [-0.15, -0.1) is 0 Å². The van der Waals surface area contributed by atoms with Gasteiger partial charge in [-0.1, -0.05) is 13.8 Å². The van der Waals surface area contributed by atoms with Crippen LogP contribution in [-0.2, 0) is 9.59 Å². The standard InChI is InChI=1S/C15H26N2O3/c1-3-15(14(19)20)7-5-9-17(15)11-13(18)16-8-4-6-12(2)10-16/h12H,3-11H2,1-2H3,(H,19,20). The SMILES string of the molecule is CCC1(C(=O)O)CCCN1CC(=O)N1CCCC(C)C1. The Bertz CT molecular complexity index is 385. The number of carboxylic acid groups (broad SMARTS) is 1. The van der Waals surface area contributed by atoms with Crippen molar-refractivity contribution in [2.45, 2.75) is 51.5 Å². The molecule has 1 amide bonds. The Labute approximate surface area is 120 Å². The third-order valence-electron chi connectivity index (χ3n) is 4.94. The molecule has 0 aromatic carbocycles. The molecule has 20 heavy (non-hydrogen) atoms. The van der Waals surface area contributed by atoms with Gasteiger partial charge in [-0.3, -0.25) is 14.5 Å². The first-order valence-corrected chi connectivity index (χ1v) is 7.76. The third kappa shape index (κ3) is 2.82. The van der Waals surface area contributed by atoms with Crippen molar-refractivity contribution < 1.29 is 14.7 Å². The highest BCUT2D eigenvalue weighted by atomic mass is 16.4. The first-order chi connectivity index (χ1) is 9.49. The lowest BCUT2D eigenvalue weighted by molar-refractivity contribution is -0.151. The van der Waals surface area contributed by atoms with Gasteiger partial charge in [0, 0.05) is 13.1 Å². The van der Waals surface area contributed by atoms with Gasteiger partial charge in [-0.05, 0) is 44.6 Å². The zero-order chi connectivity index (χ0) is 14.8. The van der Waals surface area contributed by atoms with E-state index in [4.69, 9.17) is 0 Å². The van der Waals surface area contributed by atoms with Crippen LogP contribution in [0.4, 0.5) is 0 Å². The van der Waals surface area contributed by atoms with Crippen molar-refractivity contribution in [3.8, 4) is 0 Å². The van der Waals surface area contributed by atoms with Gasteiger partial charge in [0.1, 0.15) is 5.54 Å². The number of nitrogens with zero attached hydrogens (tertiary/aromatic N) is 2. The topological polar surface area (TPSA) is 60.9 Å². The molecule has 0 saturated carbocycles. The number of hydrogen-bond acceptors (Lipinski definition) is 3. The van der Waals surface area contributed by atoms with Crippen molar-refractivity contribution in [3.63, 3.8) is 0 Å². The summed E-state index contributed by atoms with van der Waals surface area (Å²) < 4.78 is 0. The predicted molar refractivity (Wildman–Crippen MR) is 76.4 cm³/mol. The van der Waals surface area contributed by atoms with Crippen molar-refractivity contribution in [3.05, 3.63) is 0 Å². The molecule has 2 fully saturated rings. The summed E-state index contributed by atoms with van der Waals surface area (Å²) in [5.41, 5.74) is -0.822. The highest BCUT2D eigenvalue weighted by Crippen LogP contribution is 2.32. The number of rotatable bonds is 4. The monoisotopic (exact) mass is 282 g/mol. The van der Waals surface area contributed by atoms with Gasteiger partial charge in [-0.25, -0.2) is 0 Å². The van der Waals surface area contributed by atoms with E-state index in [2.05, 4.69) is 6.92 Å². The van der Waals surface area contributed by atoms with E-state index in [1.165, 1.54) is 6.42 Å². The fourth-order valence-electron chi connectivity index (χ4n) is 3.64. The molecule has 2 unspecified atom stereocenters. The van der Waals surface area contributed by atoms with E-state index < -0.39 is 11.5 Å². The molecule has 0 aliphatic carbocycles. The maximum Gasteiger partial charge on any atom is 0.324 e. The first kappa shape index (κ1) is 15.3. The van der Waals surface area contributed by atoms with E-state index in [1.54, 1.807) is 0 Å². The van der Waals surface area contributed by atoms with E-state index in [0.717, 1.165) is 32.5 Å². The van der Waals surface area contributed by atoms with Crippen molar-refractivity contribution in [1.29, 1.82) is 0 Å². The third-order valence-corrected chi connectivity index (χ3v) is 4.94. The lowest BCUT2D eigenvalue weighted by atomic mass is 9.93. The number of carboxylic acids is 1. The van der Waals surface area contributed by atoms with Crippen LogP contribution < -0.4 is 0 Å². The highest BCUT2D eigenvalue weighted by Gasteiger charge is 2.47. The summed E-state index contributed by atoms with van der Waals surface area (Å²) in [7, 11) is 0. The predicted octanol–water partition coefficient (Wildman–Crippen LogP) is 1.57. The van der Waals surface area contributed by atoms with Gasteiger partial charge in [0.25, 0.3) is 0 Å². The van der Waals surface area contributed by atoms with Gasteiger partial charge < -0.3 is 10.0 Å². The first-order valence-electron chi connectivity index (χ1n) is 7.76. The van der Waals surface area contributed by atoms with Crippen molar-refractivity contribution in [1.82, 2.24) is 9.80 Å². The van der Waals surface area contributed by atoms with Crippen LogP contribution in [0.15, 0.2) is 0 Å². The number of likely N-dealkylation sites (tertiary alicyclic amines) is 2. The Morgan fingerprint density at radius 2 is 2.05 bits per heavy atom. The molecule has 0 spiro atoms. The van der Waals surface area contributed by atoms with Gasteiger partial charge >= 0.3 is 5.97 Å². The minimum Gasteiger partial charge on any atom is -0.480 e. The van der Waals surface area contributed by atoms with Crippen LogP contribution in [0.5, 0.6) is 0 Å². The van der Waals surface area contributed by atoms with Crippen LogP contribution >= 0.6 is 0 Å². The lowest BCUT2D eigenvalue weighted by Gasteiger charge is -2.36. The van der Waals surface area contributed by atoms with Crippen molar-refractivity contribution in [2.75, 3.05) is 26.2 Å². The van der Waals surface area contributed by atoms with Crippen molar-refractivity contribution >= 4 is 11.9 Å². The molecule has 114 valence electrons. The number of carbonyl (C=O) groups is 2. The fourth-order valence-corrected chi connectivity index (χ4v) is 3.64. The molecular formula is C15H26N2O3. The Hall–Kier alpha value is -1.10. The lowest BCUT2D eigenvalue weighted by Crippen LogP contribution is -2.54. The highest BCUT2D eigenvalue weighted by molar-refractivity contribution is 5.82. The summed E-state index contributed by atoms with van der Waals surface area (Å²) in [6.07, 6.45) is 4.32. The normalized spacial score (nSPS) is 31.5. The van der Waals surface area contributed by atoms with Crippen LogP contribution in [0.25, 0.3) is 0 Å². The van der Waals surface area contributed by atoms with Crippen molar-refractivity contribution in [2.24, 2.45) is 5.92 Å². The van der Waals surface area contributed by atoms with E-state index >= 15 is 0 Å². The van der Waals surface area contributed by atoms with E-state index in [-0.39, 0.29) is 12.5 Å². The van der Waals surface area contributed by atoms with Gasteiger partial charge in [0.15, 0.2) is 0 Å². The van der Waals surface area contributed by atoms with Crippen LogP contribution in [-0.4, -0.2) is 58.5 Å². The molecule has 0 aromatic rings. The molecule has 2 saturated heterocycles. The molecule has 5 heteroatoms. The van der Waals surface area contributed by atoms with E-state index in [1.807, 2.05) is 16.7 Å². The maximum absolute atomic E-state index is 12.4. The molecule has 0 aromatic heterocycles. The fraction of sp³-hybridized carbons (Fsp3) is 0.867. The second kappa shape index (κ2) is 6.12. The summed E-state index contributed by atoms with van der Waals surface area (Å²) in [5, 5.41) is 9.53. The molecule has 2 heterocycles. The Morgan fingerprint density at radius 1 is 1.30 bits per heavy atom. The average molecular weight is 282 g/mol. The molecule has 2 atom stereocenters. The van der Waals surface area contributed by atoms with Crippen LogP contribution in [0.2, 0.25) is 0 Å². The Balaban J connectivity index is 2.01. The minimum absolute atomic E-state index is 0.0949. The van der Waals surface area contributed by atoms with Crippen LogP contribution in [0, 0.1) is 5.92 Å². The summed E-state index contributed by atoms with van der Waals surface area (Å²) in [5.74, 6) is -0.128. The number of carbonyl (C=O) groups excluding carboxylic acids is 1. The van der Waals surface area contributed by atoms with E-state index in [0.29, 0.717) is 18.8 Å². The minimum atomic E-state index is -0.822. The van der Waals surface area contributed by atoms with Crippen LogP contribution in [0.3, 0.4) is 0 Å². The molecular weight excluding hydrogens is 256 g/mol. The number of amides is 1. The molecule has 0 bridgehead atoms. The molecule has 0 radical (unpaired) electrons. The van der Waals surface area contributed by atoms with Crippen LogP contribution in [0.1, 0.15) is 46.0 Å². The molecule has 2 aliphatic rings.